The first-order valence-corrected chi connectivity index (χ1v) is 9.01. The summed E-state index contributed by atoms with van der Waals surface area (Å²) in [5.41, 5.74) is 2.77. The van der Waals surface area contributed by atoms with E-state index in [9.17, 15) is 14.4 Å². The van der Waals surface area contributed by atoms with Crippen molar-refractivity contribution in [1.29, 1.82) is 0 Å². The van der Waals surface area contributed by atoms with E-state index in [0.29, 0.717) is 11.3 Å². The highest BCUT2D eigenvalue weighted by molar-refractivity contribution is 6.02. The van der Waals surface area contributed by atoms with Crippen LogP contribution in [0.3, 0.4) is 0 Å². The monoisotopic (exact) mass is 370 g/mol. The fourth-order valence-electron chi connectivity index (χ4n) is 3.39. The van der Waals surface area contributed by atoms with Gasteiger partial charge in [0.1, 0.15) is 6.54 Å². The van der Waals surface area contributed by atoms with E-state index in [-0.39, 0.29) is 36.5 Å². The first kappa shape index (κ1) is 18.9. The second-order valence-electron chi connectivity index (χ2n) is 8.17. The lowest BCUT2D eigenvalue weighted by Crippen LogP contribution is -2.46. The van der Waals surface area contributed by atoms with Crippen LogP contribution in [0.25, 0.3) is 0 Å². The highest BCUT2D eigenvalue weighted by Crippen LogP contribution is 2.35. The van der Waals surface area contributed by atoms with Gasteiger partial charge in [0.05, 0.1) is 23.9 Å². The van der Waals surface area contributed by atoms with Crippen LogP contribution < -0.4 is 10.6 Å². The predicted molar refractivity (Wildman–Crippen MR) is 102 cm³/mol. The predicted octanol–water partition coefficient (Wildman–Crippen LogP) is 1.70. The second kappa shape index (κ2) is 6.72. The van der Waals surface area contributed by atoms with Crippen molar-refractivity contribution in [3.05, 3.63) is 46.7 Å². The molecular formula is C20H26N4O3. The Hall–Kier alpha value is -2.83. The van der Waals surface area contributed by atoms with E-state index in [2.05, 4.69) is 10.6 Å². The van der Waals surface area contributed by atoms with E-state index < -0.39 is 6.04 Å². The van der Waals surface area contributed by atoms with Gasteiger partial charge in [-0.15, -0.1) is 0 Å². The van der Waals surface area contributed by atoms with Crippen molar-refractivity contribution in [2.75, 3.05) is 20.1 Å². The zero-order valence-electron chi connectivity index (χ0n) is 16.4. The van der Waals surface area contributed by atoms with Crippen LogP contribution >= 0.6 is 0 Å². The smallest absolute Gasteiger partial charge is 0.322 e. The van der Waals surface area contributed by atoms with Crippen LogP contribution in [0, 0.1) is 6.92 Å². The van der Waals surface area contributed by atoms with Crippen LogP contribution in [0.15, 0.2) is 35.5 Å². The number of aryl methyl sites for hydroxylation is 1. The lowest BCUT2D eigenvalue weighted by atomic mass is 9.95. The molecular weight excluding hydrogens is 344 g/mol. The first-order valence-electron chi connectivity index (χ1n) is 9.01. The molecule has 0 saturated carbocycles. The zero-order valence-corrected chi connectivity index (χ0v) is 16.4. The molecule has 4 amide bonds. The standard InChI is InChI=1S/C20H26N4O3/c1-12-6-8-13(9-7-12)17-16-14(23(5)19(27)21-17)10-24(18(16)26)11-15(25)22-20(2,3)4/h6-9,17H,10-11H2,1-5H3,(H,21,27)(H,22,25). The second-order valence-corrected chi connectivity index (χ2v) is 8.17. The molecule has 0 spiro atoms. The Bertz CT molecular complexity index is 821. The van der Waals surface area contributed by atoms with Gasteiger partial charge in [0.15, 0.2) is 0 Å². The first-order chi connectivity index (χ1) is 12.6. The Balaban J connectivity index is 1.87. The summed E-state index contributed by atoms with van der Waals surface area (Å²) in [6, 6.07) is 6.97. The number of likely N-dealkylation sites (N-methyl/N-ethyl adjacent to an activating group) is 1. The van der Waals surface area contributed by atoms with E-state index in [1.54, 1.807) is 7.05 Å². The summed E-state index contributed by atoms with van der Waals surface area (Å²) in [6.07, 6.45) is 0. The number of amides is 4. The summed E-state index contributed by atoms with van der Waals surface area (Å²) in [6.45, 7) is 7.87. The van der Waals surface area contributed by atoms with Gasteiger partial charge in [-0.1, -0.05) is 29.8 Å². The number of urea groups is 1. The molecule has 0 aromatic heterocycles. The molecule has 0 radical (unpaired) electrons. The minimum Gasteiger partial charge on any atom is -0.350 e. The Morgan fingerprint density at radius 3 is 2.44 bits per heavy atom. The largest absolute Gasteiger partial charge is 0.350 e. The molecule has 2 aliphatic heterocycles. The average molecular weight is 370 g/mol. The fourth-order valence-corrected chi connectivity index (χ4v) is 3.39. The number of nitrogens with zero attached hydrogens (tertiary/aromatic N) is 2. The van der Waals surface area contributed by atoms with Crippen molar-refractivity contribution < 1.29 is 14.4 Å². The van der Waals surface area contributed by atoms with E-state index >= 15 is 0 Å². The third kappa shape index (κ3) is 3.82. The molecule has 2 heterocycles. The maximum absolute atomic E-state index is 13.1. The van der Waals surface area contributed by atoms with Gasteiger partial charge in [-0.05, 0) is 33.3 Å². The minimum absolute atomic E-state index is 0.0360. The number of rotatable bonds is 3. The van der Waals surface area contributed by atoms with Gasteiger partial charge in [-0.25, -0.2) is 4.79 Å². The lowest BCUT2D eigenvalue weighted by Gasteiger charge is -2.31. The highest BCUT2D eigenvalue weighted by atomic mass is 16.2. The highest BCUT2D eigenvalue weighted by Gasteiger charge is 2.43. The van der Waals surface area contributed by atoms with Gasteiger partial charge < -0.3 is 15.5 Å². The molecule has 1 aromatic rings. The van der Waals surface area contributed by atoms with Crippen LogP contribution in [0.4, 0.5) is 4.79 Å². The summed E-state index contributed by atoms with van der Waals surface area (Å²) >= 11 is 0. The Kier molecular flexibility index (Phi) is 4.71. The SMILES string of the molecule is Cc1ccc(C2NC(=O)N(C)C3=C2C(=O)N(CC(=O)NC(C)(C)C)C3)cc1. The van der Waals surface area contributed by atoms with Crippen LogP contribution in [-0.2, 0) is 9.59 Å². The quantitative estimate of drug-likeness (QED) is 0.850. The summed E-state index contributed by atoms with van der Waals surface area (Å²) in [5, 5.41) is 5.77. The topological polar surface area (TPSA) is 81.8 Å². The zero-order chi connectivity index (χ0) is 19.9. The molecule has 7 nitrogen and oxygen atoms in total. The number of carbonyl (C=O) groups excluding carboxylic acids is 3. The van der Waals surface area contributed by atoms with Gasteiger partial charge >= 0.3 is 6.03 Å². The van der Waals surface area contributed by atoms with Crippen molar-refractivity contribution in [1.82, 2.24) is 20.4 Å². The Labute approximate surface area is 159 Å². The molecule has 144 valence electrons. The summed E-state index contributed by atoms with van der Waals surface area (Å²) < 4.78 is 0. The molecule has 0 saturated heterocycles. The van der Waals surface area contributed by atoms with Crippen molar-refractivity contribution in [2.45, 2.75) is 39.3 Å². The molecule has 0 fully saturated rings. The fraction of sp³-hybridized carbons (Fsp3) is 0.450. The number of benzene rings is 1. The minimum atomic E-state index is -0.507. The maximum atomic E-state index is 13.1. The Morgan fingerprint density at radius 2 is 1.85 bits per heavy atom. The van der Waals surface area contributed by atoms with E-state index in [0.717, 1.165) is 11.1 Å². The van der Waals surface area contributed by atoms with Crippen LogP contribution in [0.5, 0.6) is 0 Å². The third-order valence-corrected chi connectivity index (χ3v) is 4.69. The van der Waals surface area contributed by atoms with E-state index in [4.69, 9.17) is 0 Å². The lowest BCUT2D eigenvalue weighted by molar-refractivity contribution is -0.132. The van der Waals surface area contributed by atoms with Gasteiger partial charge in [0, 0.05) is 12.6 Å². The van der Waals surface area contributed by atoms with Crippen molar-refractivity contribution in [3.8, 4) is 0 Å². The molecule has 3 rings (SSSR count). The molecule has 7 heteroatoms. The normalized spacial score (nSPS) is 20.0. The van der Waals surface area contributed by atoms with Gasteiger partial charge in [-0.3, -0.25) is 14.5 Å². The molecule has 2 aliphatic rings. The van der Waals surface area contributed by atoms with E-state index in [1.807, 2.05) is 52.0 Å². The third-order valence-electron chi connectivity index (χ3n) is 4.69. The van der Waals surface area contributed by atoms with Crippen LogP contribution in [-0.4, -0.2) is 53.3 Å². The molecule has 2 N–H and O–H groups in total. The van der Waals surface area contributed by atoms with Gasteiger partial charge in [0.25, 0.3) is 5.91 Å². The Morgan fingerprint density at radius 1 is 1.22 bits per heavy atom. The van der Waals surface area contributed by atoms with Crippen LogP contribution in [0.1, 0.15) is 37.9 Å². The van der Waals surface area contributed by atoms with Crippen LogP contribution in [0.2, 0.25) is 0 Å². The molecule has 1 unspecified atom stereocenters. The van der Waals surface area contributed by atoms with Crippen molar-refractivity contribution in [2.24, 2.45) is 0 Å². The number of carbonyl (C=O) groups is 3. The summed E-state index contributed by atoms with van der Waals surface area (Å²) in [5.74, 6) is -0.434. The number of nitrogens with one attached hydrogen (secondary N) is 2. The summed E-state index contributed by atoms with van der Waals surface area (Å²) in [4.78, 5) is 40.7. The molecule has 27 heavy (non-hydrogen) atoms. The van der Waals surface area contributed by atoms with Crippen molar-refractivity contribution >= 4 is 17.8 Å². The average Bonchev–Trinajstić information content (AvgIpc) is 2.87. The van der Waals surface area contributed by atoms with Gasteiger partial charge in [0.2, 0.25) is 5.91 Å². The molecule has 1 aromatic carbocycles. The number of hydrogen-bond donors (Lipinski definition) is 2. The molecule has 0 bridgehead atoms. The van der Waals surface area contributed by atoms with Crippen molar-refractivity contribution in [3.63, 3.8) is 0 Å². The van der Waals surface area contributed by atoms with Gasteiger partial charge in [-0.2, -0.15) is 0 Å². The summed E-state index contributed by atoms with van der Waals surface area (Å²) in [7, 11) is 1.64. The maximum Gasteiger partial charge on any atom is 0.322 e. The van der Waals surface area contributed by atoms with E-state index in [1.165, 1.54) is 9.80 Å². The molecule has 0 aliphatic carbocycles. The molecule has 1 atom stereocenters. The number of hydrogen-bond acceptors (Lipinski definition) is 3.